The van der Waals surface area contributed by atoms with Gasteiger partial charge in [-0.1, -0.05) is 41.9 Å². The van der Waals surface area contributed by atoms with E-state index in [9.17, 15) is 17.6 Å². The summed E-state index contributed by atoms with van der Waals surface area (Å²) in [6.07, 6.45) is 0.195. The Morgan fingerprint density at radius 2 is 1.71 bits per heavy atom. The number of benzene rings is 2. The molecule has 176 valence electrons. The SMILES string of the molecule is Cn1cncc1CNC(Cc1ccccc1)(c1cc(F)cc(C(F)(F)F)c1)c1ccc(Cl)cn1. The molecule has 0 aliphatic rings. The molecule has 1 atom stereocenters. The highest BCUT2D eigenvalue weighted by Gasteiger charge is 2.39. The van der Waals surface area contributed by atoms with E-state index in [0.717, 1.165) is 23.4 Å². The van der Waals surface area contributed by atoms with E-state index in [1.807, 2.05) is 37.4 Å². The molecule has 0 aliphatic heterocycles. The van der Waals surface area contributed by atoms with Crippen molar-refractivity contribution in [3.8, 4) is 0 Å². The summed E-state index contributed by atoms with van der Waals surface area (Å²) in [7, 11) is 1.81. The van der Waals surface area contributed by atoms with E-state index in [1.54, 1.807) is 29.2 Å². The van der Waals surface area contributed by atoms with Crippen molar-refractivity contribution in [1.82, 2.24) is 19.9 Å². The molecule has 9 heteroatoms. The van der Waals surface area contributed by atoms with Gasteiger partial charge in [0.2, 0.25) is 0 Å². The Hall–Kier alpha value is -3.23. The van der Waals surface area contributed by atoms with Crippen molar-refractivity contribution in [2.75, 3.05) is 0 Å². The molecule has 1 unspecified atom stereocenters. The molecule has 34 heavy (non-hydrogen) atoms. The van der Waals surface area contributed by atoms with Gasteiger partial charge in [0, 0.05) is 32.4 Å². The minimum atomic E-state index is -4.72. The van der Waals surface area contributed by atoms with Crippen LogP contribution in [0.25, 0.3) is 0 Å². The smallest absolute Gasteiger partial charge is 0.337 e. The van der Waals surface area contributed by atoms with Crippen LogP contribution in [0.5, 0.6) is 0 Å². The number of alkyl halides is 3. The van der Waals surface area contributed by atoms with Crippen LogP contribution in [0.2, 0.25) is 5.02 Å². The van der Waals surface area contributed by atoms with Crippen LogP contribution in [-0.2, 0) is 31.7 Å². The average Bonchev–Trinajstić information content (AvgIpc) is 3.21. The van der Waals surface area contributed by atoms with E-state index in [-0.39, 0.29) is 18.5 Å². The summed E-state index contributed by atoms with van der Waals surface area (Å²) < 4.78 is 57.3. The van der Waals surface area contributed by atoms with Gasteiger partial charge in [0.25, 0.3) is 0 Å². The second-order valence-corrected chi connectivity index (χ2v) is 8.44. The summed E-state index contributed by atoms with van der Waals surface area (Å²) in [5.74, 6) is -0.987. The van der Waals surface area contributed by atoms with E-state index < -0.39 is 23.1 Å². The van der Waals surface area contributed by atoms with Gasteiger partial charge in [-0.3, -0.25) is 10.3 Å². The van der Waals surface area contributed by atoms with Crippen molar-refractivity contribution in [2.45, 2.75) is 24.7 Å². The van der Waals surface area contributed by atoms with Gasteiger partial charge in [0.05, 0.1) is 33.8 Å². The van der Waals surface area contributed by atoms with Crippen molar-refractivity contribution in [3.05, 3.63) is 118 Å². The summed E-state index contributed by atoms with van der Waals surface area (Å²) in [4.78, 5) is 8.55. The number of aromatic nitrogens is 3. The van der Waals surface area contributed by atoms with Gasteiger partial charge in [-0.2, -0.15) is 13.2 Å². The molecular weight excluding hydrogens is 468 g/mol. The predicted octanol–water partition coefficient (Wildman–Crippen LogP) is 5.90. The number of pyridine rings is 1. The molecule has 2 aromatic carbocycles. The molecule has 0 radical (unpaired) electrons. The van der Waals surface area contributed by atoms with E-state index in [4.69, 9.17) is 11.6 Å². The van der Waals surface area contributed by atoms with Crippen molar-refractivity contribution in [3.63, 3.8) is 0 Å². The van der Waals surface area contributed by atoms with Crippen molar-refractivity contribution in [1.29, 1.82) is 0 Å². The van der Waals surface area contributed by atoms with Gasteiger partial charge in [-0.15, -0.1) is 0 Å². The maximum absolute atomic E-state index is 14.6. The minimum absolute atomic E-state index is 0.0978. The molecule has 2 heterocycles. The van der Waals surface area contributed by atoms with Gasteiger partial charge in [0.15, 0.2) is 0 Å². The lowest BCUT2D eigenvalue weighted by atomic mass is 9.79. The second kappa shape index (κ2) is 9.56. The van der Waals surface area contributed by atoms with Crippen LogP contribution in [0.3, 0.4) is 0 Å². The summed E-state index contributed by atoms with van der Waals surface area (Å²) in [5, 5.41) is 3.76. The first-order chi connectivity index (χ1) is 16.2. The highest BCUT2D eigenvalue weighted by molar-refractivity contribution is 6.30. The first-order valence-corrected chi connectivity index (χ1v) is 10.8. The first kappa shape index (κ1) is 23.9. The third-order valence-corrected chi connectivity index (χ3v) is 5.91. The molecule has 0 aliphatic carbocycles. The summed E-state index contributed by atoms with van der Waals surface area (Å²) in [6, 6.07) is 15.1. The van der Waals surface area contributed by atoms with Gasteiger partial charge >= 0.3 is 6.18 Å². The molecule has 0 amide bonds. The van der Waals surface area contributed by atoms with Crippen LogP contribution < -0.4 is 5.32 Å². The number of rotatable bonds is 7. The van der Waals surface area contributed by atoms with Crippen LogP contribution in [0.1, 0.15) is 28.1 Å². The lowest BCUT2D eigenvalue weighted by molar-refractivity contribution is -0.137. The second-order valence-electron chi connectivity index (χ2n) is 8.01. The first-order valence-electron chi connectivity index (χ1n) is 10.4. The van der Waals surface area contributed by atoms with Crippen molar-refractivity contribution >= 4 is 11.6 Å². The third-order valence-electron chi connectivity index (χ3n) is 5.68. The highest BCUT2D eigenvalue weighted by Crippen LogP contribution is 2.38. The Balaban J connectivity index is 1.94. The molecular formula is C25H21ClF4N4. The quantitative estimate of drug-likeness (QED) is 0.329. The van der Waals surface area contributed by atoms with Crippen molar-refractivity contribution < 1.29 is 17.6 Å². The fourth-order valence-corrected chi connectivity index (χ4v) is 4.03. The monoisotopic (exact) mass is 488 g/mol. The topological polar surface area (TPSA) is 42.7 Å². The normalized spacial score (nSPS) is 13.6. The van der Waals surface area contributed by atoms with Crippen molar-refractivity contribution in [2.24, 2.45) is 7.05 Å². The van der Waals surface area contributed by atoms with Crippen LogP contribution in [-0.4, -0.2) is 14.5 Å². The van der Waals surface area contributed by atoms with Crippen LogP contribution in [0, 0.1) is 5.82 Å². The fraction of sp³-hybridized carbons (Fsp3) is 0.200. The molecule has 2 aromatic heterocycles. The maximum atomic E-state index is 14.6. The fourth-order valence-electron chi connectivity index (χ4n) is 3.92. The van der Waals surface area contributed by atoms with Crippen LogP contribution in [0.4, 0.5) is 17.6 Å². The summed E-state index contributed by atoms with van der Waals surface area (Å²) in [6.45, 7) is 0.242. The van der Waals surface area contributed by atoms with E-state index in [1.165, 1.54) is 6.20 Å². The molecule has 0 bridgehead atoms. The largest absolute Gasteiger partial charge is 0.416 e. The van der Waals surface area contributed by atoms with Crippen LogP contribution >= 0.6 is 11.6 Å². The number of aryl methyl sites for hydroxylation is 1. The Morgan fingerprint density at radius 3 is 2.32 bits per heavy atom. The molecule has 1 N–H and O–H groups in total. The summed E-state index contributed by atoms with van der Waals surface area (Å²) in [5.41, 5.74) is -0.259. The molecule has 4 aromatic rings. The Kier molecular flexibility index (Phi) is 6.72. The highest BCUT2D eigenvalue weighted by atomic mass is 35.5. The van der Waals surface area contributed by atoms with E-state index >= 15 is 0 Å². The zero-order chi connectivity index (χ0) is 24.3. The lowest BCUT2D eigenvalue weighted by Crippen LogP contribution is -2.46. The zero-order valence-corrected chi connectivity index (χ0v) is 18.9. The van der Waals surface area contributed by atoms with Crippen LogP contribution in [0.15, 0.2) is 79.4 Å². The van der Waals surface area contributed by atoms with E-state index in [2.05, 4.69) is 15.3 Å². The number of nitrogens with zero attached hydrogens (tertiary/aromatic N) is 3. The number of halogens is 5. The number of hydrogen-bond acceptors (Lipinski definition) is 3. The Bertz CT molecular complexity index is 1260. The standard InChI is InChI=1S/C25H21ClF4N4/c1-34-16-31-14-22(34)15-33-24(12-17-5-3-2-4-6-17,23-8-7-20(26)13-32-23)18-9-19(25(28,29)30)11-21(27)10-18/h2-11,13-14,16,33H,12,15H2,1H3. The molecule has 0 saturated carbocycles. The third kappa shape index (κ3) is 5.13. The molecule has 0 fully saturated rings. The molecule has 0 spiro atoms. The Labute approximate surface area is 199 Å². The van der Waals surface area contributed by atoms with Gasteiger partial charge in [0.1, 0.15) is 5.82 Å². The van der Waals surface area contributed by atoms with Gasteiger partial charge in [-0.05, 0) is 41.5 Å². The number of nitrogens with one attached hydrogen (secondary N) is 1. The summed E-state index contributed by atoms with van der Waals surface area (Å²) >= 11 is 6.05. The Morgan fingerprint density at radius 1 is 0.971 bits per heavy atom. The maximum Gasteiger partial charge on any atom is 0.416 e. The molecule has 4 nitrogen and oxygen atoms in total. The number of imidazole rings is 1. The number of hydrogen-bond donors (Lipinski definition) is 1. The molecule has 0 saturated heterocycles. The molecule has 4 rings (SSSR count). The minimum Gasteiger partial charge on any atom is -0.337 e. The van der Waals surface area contributed by atoms with Gasteiger partial charge < -0.3 is 4.57 Å². The predicted molar refractivity (Wildman–Crippen MR) is 122 cm³/mol. The van der Waals surface area contributed by atoms with E-state index in [0.29, 0.717) is 16.8 Å². The lowest BCUT2D eigenvalue weighted by Gasteiger charge is -2.36. The van der Waals surface area contributed by atoms with Gasteiger partial charge in [-0.25, -0.2) is 9.37 Å². The zero-order valence-electron chi connectivity index (χ0n) is 18.2. The average molecular weight is 489 g/mol.